The highest BCUT2D eigenvalue weighted by Gasteiger charge is 2.21. The molecule has 0 spiro atoms. The fourth-order valence-electron chi connectivity index (χ4n) is 2.99. The number of ether oxygens (including phenoxy) is 1. The molecule has 0 atom stereocenters. The van der Waals surface area contributed by atoms with Gasteiger partial charge >= 0.3 is 5.97 Å². The van der Waals surface area contributed by atoms with Gasteiger partial charge in [-0.05, 0) is 13.3 Å². The fourth-order valence-corrected chi connectivity index (χ4v) is 2.99. The Hall–Kier alpha value is -2.25. The van der Waals surface area contributed by atoms with Crippen molar-refractivity contribution in [2.45, 2.75) is 33.2 Å². The molecule has 0 amide bonds. The lowest BCUT2D eigenvalue weighted by atomic mass is 10.1. The van der Waals surface area contributed by atoms with Crippen molar-refractivity contribution in [3.8, 4) is 11.4 Å². The first-order valence-electron chi connectivity index (χ1n) is 9.64. The Balaban J connectivity index is 1.43. The van der Waals surface area contributed by atoms with E-state index in [1.807, 2.05) is 24.3 Å². The second-order valence-corrected chi connectivity index (χ2v) is 7.00. The van der Waals surface area contributed by atoms with Crippen molar-refractivity contribution in [1.82, 2.24) is 19.9 Å². The molecular formula is C20H28N4O3. The number of hydrogen-bond acceptors (Lipinski definition) is 7. The Morgan fingerprint density at radius 2 is 1.85 bits per heavy atom. The Morgan fingerprint density at radius 3 is 2.56 bits per heavy atom. The van der Waals surface area contributed by atoms with E-state index >= 15 is 0 Å². The molecule has 0 bridgehead atoms. The van der Waals surface area contributed by atoms with E-state index in [1.54, 1.807) is 0 Å². The van der Waals surface area contributed by atoms with Gasteiger partial charge in [-0.2, -0.15) is 4.98 Å². The normalized spacial score (nSPS) is 15.8. The summed E-state index contributed by atoms with van der Waals surface area (Å²) in [6.07, 6.45) is 1.96. The van der Waals surface area contributed by atoms with Crippen LogP contribution >= 0.6 is 0 Å². The molecule has 0 saturated carbocycles. The summed E-state index contributed by atoms with van der Waals surface area (Å²) in [5.74, 6) is 1.12. The summed E-state index contributed by atoms with van der Waals surface area (Å²) in [6.45, 7) is 9.06. The van der Waals surface area contributed by atoms with E-state index in [2.05, 4.69) is 33.8 Å². The number of esters is 1. The van der Waals surface area contributed by atoms with E-state index in [0.29, 0.717) is 31.4 Å². The molecule has 2 aromatic rings. The molecule has 1 aliphatic heterocycles. The Bertz CT molecular complexity index is 721. The minimum Gasteiger partial charge on any atom is -0.465 e. The van der Waals surface area contributed by atoms with E-state index in [1.165, 1.54) is 5.56 Å². The number of piperazine rings is 1. The predicted octanol–water partition coefficient (Wildman–Crippen LogP) is 2.51. The van der Waals surface area contributed by atoms with E-state index < -0.39 is 0 Å². The molecule has 3 rings (SSSR count). The average Bonchev–Trinajstić information content (AvgIpc) is 3.13. The van der Waals surface area contributed by atoms with Crippen molar-refractivity contribution in [1.29, 1.82) is 0 Å². The van der Waals surface area contributed by atoms with Gasteiger partial charge in [-0.3, -0.25) is 14.6 Å². The zero-order valence-electron chi connectivity index (χ0n) is 16.2. The molecule has 0 N–H and O–H groups in total. The number of carbonyl (C=O) groups excluding carboxylic acids is 1. The summed E-state index contributed by atoms with van der Waals surface area (Å²) in [5, 5.41) is 4.09. The van der Waals surface area contributed by atoms with Crippen LogP contribution in [-0.2, 0) is 16.1 Å². The lowest BCUT2D eigenvalue weighted by molar-refractivity contribution is -0.145. The molecule has 1 saturated heterocycles. The van der Waals surface area contributed by atoms with Gasteiger partial charge in [0.05, 0.1) is 19.7 Å². The lowest BCUT2D eigenvalue weighted by Gasteiger charge is -2.33. The van der Waals surface area contributed by atoms with E-state index in [4.69, 9.17) is 9.26 Å². The number of hydrogen-bond donors (Lipinski definition) is 0. The van der Waals surface area contributed by atoms with Gasteiger partial charge in [0.1, 0.15) is 0 Å². The molecule has 7 heteroatoms. The smallest absolute Gasteiger partial charge is 0.320 e. The third-order valence-corrected chi connectivity index (χ3v) is 4.72. The molecular weight excluding hydrogens is 344 g/mol. The largest absolute Gasteiger partial charge is 0.465 e. The second-order valence-electron chi connectivity index (χ2n) is 7.00. The fraction of sp³-hybridized carbons (Fsp3) is 0.550. The molecule has 1 fully saturated rings. The van der Waals surface area contributed by atoms with Gasteiger partial charge < -0.3 is 9.26 Å². The summed E-state index contributed by atoms with van der Waals surface area (Å²) in [7, 11) is 0. The highest BCUT2D eigenvalue weighted by molar-refractivity contribution is 5.71. The molecule has 0 radical (unpaired) electrons. The number of aromatic nitrogens is 2. The Kier molecular flexibility index (Phi) is 6.95. The molecule has 0 aliphatic carbocycles. The maximum absolute atomic E-state index is 11.8. The minimum atomic E-state index is -0.128. The van der Waals surface area contributed by atoms with Crippen LogP contribution in [0.5, 0.6) is 0 Å². The van der Waals surface area contributed by atoms with Crippen molar-refractivity contribution in [3.05, 3.63) is 35.7 Å². The monoisotopic (exact) mass is 372 g/mol. The van der Waals surface area contributed by atoms with Crippen LogP contribution in [0.25, 0.3) is 11.4 Å². The van der Waals surface area contributed by atoms with Crippen molar-refractivity contribution in [2.75, 3.05) is 39.3 Å². The molecule has 7 nitrogen and oxygen atoms in total. The molecule has 2 heterocycles. The minimum absolute atomic E-state index is 0.128. The van der Waals surface area contributed by atoms with Gasteiger partial charge in [-0.15, -0.1) is 0 Å². The van der Waals surface area contributed by atoms with Gasteiger partial charge in [0, 0.05) is 31.7 Å². The van der Waals surface area contributed by atoms with Crippen LogP contribution in [0.15, 0.2) is 28.8 Å². The summed E-state index contributed by atoms with van der Waals surface area (Å²) < 4.78 is 10.6. The first kappa shape index (κ1) is 19.5. The summed E-state index contributed by atoms with van der Waals surface area (Å²) in [4.78, 5) is 20.7. The van der Waals surface area contributed by atoms with Gasteiger partial charge in [0.15, 0.2) is 0 Å². The highest BCUT2D eigenvalue weighted by atomic mass is 16.5. The van der Waals surface area contributed by atoms with Crippen LogP contribution in [0.3, 0.4) is 0 Å². The highest BCUT2D eigenvalue weighted by Crippen LogP contribution is 2.17. The molecule has 1 aromatic heterocycles. The third kappa shape index (κ3) is 5.87. The third-order valence-electron chi connectivity index (χ3n) is 4.72. The Morgan fingerprint density at radius 1 is 1.15 bits per heavy atom. The number of rotatable bonds is 8. The summed E-state index contributed by atoms with van der Waals surface area (Å²) in [6, 6.07) is 8.08. The van der Waals surface area contributed by atoms with E-state index in [9.17, 15) is 4.79 Å². The number of carbonyl (C=O) groups is 1. The van der Waals surface area contributed by atoms with Crippen LogP contribution in [0.2, 0.25) is 0 Å². The zero-order valence-corrected chi connectivity index (χ0v) is 16.2. The first-order chi connectivity index (χ1) is 13.1. The quantitative estimate of drug-likeness (QED) is 0.521. The van der Waals surface area contributed by atoms with Crippen LogP contribution in [0, 0.1) is 6.92 Å². The standard InChI is InChI=1S/C20H28N4O3/c1-3-4-13-26-19(25)15-24-11-9-23(10-12-24)14-18-21-20(22-27-18)17-7-5-16(2)6-8-17/h5-8H,3-4,9-15H2,1-2H3. The number of aryl methyl sites for hydroxylation is 1. The molecule has 1 aliphatic rings. The number of benzene rings is 1. The average molecular weight is 372 g/mol. The van der Waals surface area contributed by atoms with Crippen molar-refractivity contribution < 1.29 is 14.1 Å². The first-order valence-corrected chi connectivity index (χ1v) is 9.64. The second kappa shape index (κ2) is 9.62. The van der Waals surface area contributed by atoms with Crippen LogP contribution in [0.1, 0.15) is 31.2 Å². The van der Waals surface area contributed by atoms with Crippen LogP contribution in [-0.4, -0.2) is 65.2 Å². The number of nitrogens with zero attached hydrogens (tertiary/aromatic N) is 4. The van der Waals surface area contributed by atoms with Gasteiger partial charge in [-0.25, -0.2) is 0 Å². The zero-order chi connectivity index (χ0) is 19.1. The predicted molar refractivity (Wildman–Crippen MR) is 102 cm³/mol. The van der Waals surface area contributed by atoms with Gasteiger partial charge in [0.2, 0.25) is 11.7 Å². The molecule has 1 aromatic carbocycles. The van der Waals surface area contributed by atoms with Crippen LogP contribution < -0.4 is 0 Å². The molecule has 0 unspecified atom stereocenters. The molecule has 146 valence electrons. The van der Waals surface area contributed by atoms with Gasteiger partial charge in [-0.1, -0.05) is 48.3 Å². The number of unbranched alkanes of at least 4 members (excludes halogenated alkanes) is 1. The topological polar surface area (TPSA) is 71.7 Å². The maximum Gasteiger partial charge on any atom is 0.320 e. The SMILES string of the molecule is CCCCOC(=O)CN1CCN(Cc2nc(-c3ccc(C)cc3)no2)CC1. The Labute approximate surface area is 160 Å². The molecule has 27 heavy (non-hydrogen) atoms. The van der Waals surface area contributed by atoms with E-state index in [-0.39, 0.29) is 5.97 Å². The van der Waals surface area contributed by atoms with Crippen LogP contribution in [0.4, 0.5) is 0 Å². The van der Waals surface area contributed by atoms with E-state index in [0.717, 1.165) is 44.6 Å². The lowest BCUT2D eigenvalue weighted by Crippen LogP contribution is -2.47. The van der Waals surface area contributed by atoms with Gasteiger partial charge in [0.25, 0.3) is 0 Å². The van der Waals surface area contributed by atoms with Crippen molar-refractivity contribution in [3.63, 3.8) is 0 Å². The van der Waals surface area contributed by atoms with Crippen molar-refractivity contribution >= 4 is 5.97 Å². The maximum atomic E-state index is 11.8. The summed E-state index contributed by atoms with van der Waals surface area (Å²) >= 11 is 0. The summed E-state index contributed by atoms with van der Waals surface area (Å²) in [5.41, 5.74) is 2.16. The van der Waals surface area contributed by atoms with Crippen molar-refractivity contribution in [2.24, 2.45) is 0 Å².